The second-order valence-corrected chi connectivity index (χ2v) is 15.3. The number of nitrogens with zero attached hydrogens (tertiary/aromatic N) is 4. The van der Waals surface area contributed by atoms with Gasteiger partial charge in [0.15, 0.2) is 5.58 Å². The number of furan rings is 1. The lowest BCUT2D eigenvalue weighted by molar-refractivity contribution is 0.671. The van der Waals surface area contributed by atoms with Crippen molar-refractivity contribution in [2.24, 2.45) is 0 Å². The van der Waals surface area contributed by atoms with Gasteiger partial charge in [-0.25, -0.2) is 9.97 Å². The third-order valence-electron chi connectivity index (χ3n) is 12.4. The summed E-state index contributed by atoms with van der Waals surface area (Å²) < 4.78 is 11.8. The van der Waals surface area contributed by atoms with Gasteiger partial charge in [0.1, 0.15) is 11.1 Å². The maximum absolute atomic E-state index is 7.01. The van der Waals surface area contributed by atoms with Crippen molar-refractivity contribution in [3.63, 3.8) is 0 Å². The minimum absolute atomic E-state index is 0.605. The van der Waals surface area contributed by atoms with E-state index >= 15 is 0 Å². The highest BCUT2D eigenvalue weighted by atomic mass is 16.3. The van der Waals surface area contributed by atoms with Crippen molar-refractivity contribution in [1.29, 1.82) is 0 Å². The molecular formula is C52H28N4O. The average molecular weight is 725 g/mol. The molecule has 0 N–H and O–H groups in total. The maximum atomic E-state index is 7.01. The topological polar surface area (TPSA) is 48.3 Å². The highest BCUT2D eigenvalue weighted by Gasteiger charge is 2.28. The fourth-order valence-corrected chi connectivity index (χ4v) is 10.1. The molecule has 0 saturated carbocycles. The number of hydrogen-bond donors (Lipinski definition) is 0. The quantitative estimate of drug-likeness (QED) is 0.167. The van der Waals surface area contributed by atoms with Crippen LogP contribution in [0.3, 0.4) is 0 Å². The zero-order valence-electron chi connectivity index (χ0n) is 30.4. The van der Waals surface area contributed by atoms with Gasteiger partial charge >= 0.3 is 0 Å². The van der Waals surface area contributed by atoms with Crippen LogP contribution in [0.2, 0.25) is 0 Å². The van der Waals surface area contributed by atoms with Gasteiger partial charge in [-0.3, -0.25) is 4.57 Å². The van der Waals surface area contributed by atoms with Gasteiger partial charge in [-0.2, -0.15) is 0 Å². The summed E-state index contributed by atoms with van der Waals surface area (Å²) in [6.45, 7) is 0. The Morgan fingerprint density at radius 3 is 1.98 bits per heavy atom. The molecule has 14 rings (SSSR count). The molecule has 5 nitrogen and oxygen atoms in total. The number of rotatable bonds is 2. The summed E-state index contributed by atoms with van der Waals surface area (Å²) in [6, 6.07) is 60.9. The van der Waals surface area contributed by atoms with Crippen molar-refractivity contribution < 1.29 is 4.42 Å². The number of benzene rings is 9. The minimum atomic E-state index is 0.605. The van der Waals surface area contributed by atoms with E-state index in [1.54, 1.807) is 0 Å². The highest BCUT2D eigenvalue weighted by Crippen LogP contribution is 2.49. The van der Waals surface area contributed by atoms with Gasteiger partial charge in [0.25, 0.3) is 0 Å². The molecule has 5 heteroatoms. The van der Waals surface area contributed by atoms with E-state index < -0.39 is 0 Å². The highest BCUT2D eigenvalue weighted by molar-refractivity contribution is 6.39. The van der Waals surface area contributed by atoms with Gasteiger partial charge in [0.2, 0.25) is 5.95 Å². The van der Waals surface area contributed by atoms with Gasteiger partial charge in [-0.1, -0.05) is 140 Å². The lowest BCUT2D eigenvalue weighted by atomic mass is 9.97. The Balaban J connectivity index is 1.31. The Morgan fingerprint density at radius 2 is 1.11 bits per heavy atom. The predicted octanol–water partition coefficient (Wildman–Crippen LogP) is 13.7. The van der Waals surface area contributed by atoms with Crippen LogP contribution in [0.4, 0.5) is 0 Å². The molecule has 0 radical (unpaired) electrons. The molecule has 5 aromatic heterocycles. The molecule has 0 atom stereocenters. The lowest BCUT2D eigenvalue weighted by Gasteiger charge is -2.14. The largest absolute Gasteiger partial charge is 0.454 e. The van der Waals surface area contributed by atoms with Crippen molar-refractivity contribution in [3.8, 4) is 17.2 Å². The van der Waals surface area contributed by atoms with E-state index in [-0.39, 0.29) is 0 Å². The second kappa shape index (κ2) is 10.5. The summed E-state index contributed by atoms with van der Waals surface area (Å²) in [7, 11) is 0. The first-order valence-electron chi connectivity index (χ1n) is 19.4. The zero-order chi connectivity index (χ0) is 36.9. The molecule has 0 aliphatic rings. The van der Waals surface area contributed by atoms with Gasteiger partial charge in [-0.15, -0.1) is 0 Å². The van der Waals surface area contributed by atoms with Crippen molar-refractivity contribution in [2.75, 3.05) is 0 Å². The summed E-state index contributed by atoms with van der Waals surface area (Å²) in [5.74, 6) is 0.605. The van der Waals surface area contributed by atoms with E-state index in [1.807, 2.05) is 0 Å². The van der Waals surface area contributed by atoms with Gasteiger partial charge in [0, 0.05) is 54.0 Å². The Bertz CT molecular complexity index is 4040. The summed E-state index contributed by atoms with van der Waals surface area (Å²) in [5.41, 5.74) is 10.0. The molecule has 0 bridgehead atoms. The van der Waals surface area contributed by atoms with Crippen LogP contribution >= 0.6 is 0 Å². The van der Waals surface area contributed by atoms with Crippen molar-refractivity contribution >= 4 is 114 Å². The normalized spacial score (nSPS) is 12.6. The fourth-order valence-electron chi connectivity index (χ4n) is 10.1. The molecule has 57 heavy (non-hydrogen) atoms. The van der Waals surface area contributed by atoms with E-state index in [4.69, 9.17) is 14.4 Å². The first-order valence-corrected chi connectivity index (χ1v) is 19.4. The smallest absolute Gasteiger partial charge is 0.235 e. The van der Waals surface area contributed by atoms with Gasteiger partial charge in [-0.05, 0) is 51.9 Å². The lowest BCUT2D eigenvalue weighted by Crippen LogP contribution is -2.04. The molecule has 0 unspecified atom stereocenters. The number of aromatic nitrogens is 4. The minimum Gasteiger partial charge on any atom is -0.454 e. The Hall–Kier alpha value is -7.76. The maximum Gasteiger partial charge on any atom is 0.235 e. The zero-order valence-corrected chi connectivity index (χ0v) is 30.4. The average Bonchev–Trinajstić information content (AvgIpc) is 3.90. The van der Waals surface area contributed by atoms with Crippen LogP contribution in [0.1, 0.15) is 0 Å². The molecular weight excluding hydrogens is 697 g/mol. The second-order valence-electron chi connectivity index (χ2n) is 15.3. The number of hydrogen-bond acceptors (Lipinski definition) is 3. The molecule has 0 saturated heterocycles. The monoisotopic (exact) mass is 724 g/mol. The van der Waals surface area contributed by atoms with Crippen molar-refractivity contribution in [2.45, 2.75) is 0 Å². The predicted molar refractivity (Wildman–Crippen MR) is 236 cm³/mol. The molecule has 5 heterocycles. The van der Waals surface area contributed by atoms with Crippen molar-refractivity contribution in [1.82, 2.24) is 18.9 Å². The van der Waals surface area contributed by atoms with Crippen LogP contribution in [-0.2, 0) is 0 Å². The van der Waals surface area contributed by atoms with Crippen LogP contribution in [0.25, 0.3) is 131 Å². The van der Waals surface area contributed by atoms with Crippen LogP contribution in [-0.4, -0.2) is 18.9 Å². The molecule has 0 fully saturated rings. The Morgan fingerprint density at radius 1 is 0.404 bits per heavy atom. The molecule has 0 amide bonds. The van der Waals surface area contributed by atoms with E-state index in [1.165, 1.54) is 43.4 Å². The molecule has 0 spiro atoms. The standard InChI is InChI=1S/C52H28N4O/c1-2-14-30(15-3-1)48-45-32-17-6-4-13-29(32)25-26-39(45)53-52(54-48)56-41-27-31-16-5-7-18-33(31)44-37-22-12-21-36-34-19-8-10-23-40(34)55(49(36)37)42-28-38-35-20-9-11-24-43(35)57-51(38)50(56)47(42)46(41)44/h1-28H. The SMILES string of the molecule is c1ccc(-c2nc(-n3c4cc5ccccc5c5c6cccc7c8ccccc8n(c8cc9c%10ccccc%10oc9c3c8c54)c76)nc3ccc4ccccc4c23)cc1. The van der Waals surface area contributed by atoms with Gasteiger partial charge in [0.05, 0.1) is 33.3 Å². The fraction of sp³-hybridized carbons (Fsp3) is 0. The van der Waals surface area contributed by atoms with E-state index in [9.17, 15) is 0 Å². The summed E-state index contributed by atoms with van der Waals surface area (Å²) in [6.07, 6.45) is 0. The van der Waals surface area contributed by atoms with Crippen LogP contribution in [0, 0.1) is 0 Å². The van der Waals surface area contributed by atoms with E-state index in [0.29, 0.717) is 5.95 Å². The molecule has 9 aromatic carbocycles. The van der Waals surface area contributed by atoms with E-state index in [2.05, 4.69) is 179 Å². The molecule has 0 aliphatic carbocycles. The third-order valence-corrected chi connectivity index (χ3v) is 12.4. The van der Waals surface area contributed by atoms with E-state index in [0.717, 1.165) is 82.2 Å². The summed E-state index contributed by atoms with van der Waals surface area (Å²) >= 11 is 0. The first kappa shape index (κ1) is 29.6. The summed E-state index contributed by atoms with van der Waals surface area (Å²) in [4.78, 5) is 11.2. The van der Waals surface area contributed by atoms with Crippen LogP contribution < -0.4 is 0 Å². The van der Waals surface area contributed by atoms with Gasteiger partial charge < -0.3 is 8.82 Å². The Kier molecular flexibility index (Phi) is 5.45. The van der Waals surface area contributed by atoms with Crippen LogP contribution in [0.5, 0.6) is 0 Å². The Labute approximate surface area is 323 Å². The number of fused-ring (bicyclic) bond motifs is 14. The number of para-hydroxylation sites is 3. The molecule has 0 aliphatic heterocycles. The molecule has 14 aromatic rings. The van der Waals surface area contributed by atoms with Crippen molar-refractivity contribution in [3.05, 3.63) is 170 Å². The summed E-state index contributed by atoms with van der Waals surface area (Å²) in [5, 5.41) is 15.0. The molecule has 262 valence electrons. The van der Waals surface area contributed by atoms with Crippen LogP contribution in [0.15, 0.2) is 174 Å². The first-order chi connectivity index (χ1) is 28.3. The third kappa shape index (κ3) is 3.69.